The Morgan fingerprint density at radius 1 is 1.33 bits per heavy atom. The average molecular weight is 258 g/mol. The normalized spacial score (nSPS) is 23.9. The molecule has 2 aromatic rings. The van der Waals surface area contributed by atoms with Gasteiger partial charge in [-0.15, -0.1) is 11.3 Å². The van der Waals surface area contributed by atoms with Crippen LogP contribution in [0.3, 0.4) is 0 Å². The van der Waals surface area contributed by atoms with Gasteiger partial charge in [0.2, 0.25) is 0 Å². The first-order chi connectivity index (χ1) is 8.81. The summed E-state index contributed by atoms with van der Waals surface area (Å²) in [4.78, 5) is 5.78. The molecule has 1 heterocycles. The quantitative estimate of drug-likeness (QED) is 0.907. The molecule has 0 saturated heterocycles. The van der Waals surface area contributed by atoms with E-state index in [1.807, 2.05) is 5.51 Å². The smallest absolute Gasteiger partial charge is 0.0798 e. The first-order valence-electron chi connectivity index (χ1n) is 6.43. The van der Waals surface area contributed by atoms with Crippen LogP contribution in [0.1, 0.15) is 34.5 Å². The molecule has 0 bridgehead atoms. The maximum Gasteiger partial charge on any atom is 0.0798 e. The largest absolute Gasteiger partial charge is 0.312 e. The van der Waals surface area contributed by atoms with Gasteiger partial charge in [-0.3, -0.25) is 0 Å². The summed E-state index contributed by atoms with van der Waals surface area (Å²) < 4.78 is 0. The van der Waals surface area contributed by atoms with Crippen molar-refractivity contribution in [3.8, 4) is 0 Å². The van der Waals surface area contributed by atoms with Gasteiger partial charge in [0.25, 0.3) is 0 Å². The van der Waals surface area contributed by atoms with Crippen LogP contribution in [0.4, 0.5) is 0 Å². The van der Waals surface area contributed by atoms with E-state index in [1.54, 1.807) is 11.3 Å². The number of hydrogen-bond donors (Lipinski definition) is 1. The fraction of sp³-hybridized carbons (Fsp3) is 0.400. The lowest BCUT2D eigenvalue weighted by Gasteiger charge is -2.15. The number of hydrogen-bond acceptors (Lipinski definition) is 3. The summed E-state index contributed by atoms with van der Waals surface area (Å²) in [6, 6.07) is 11.3. The molecule has 0 spiro atoms. The standard InChI is InChI=1S/C15H18N2S/c1-10-15(18-9-17-10)14(16-2)13-8-12(13)11-6-4-3-5-7-11/h3-7,9,12-14,16H,8H2,1-2H3. The fourth-order valence-electron chi connectivity index (χ4n) is 2.82. The van der Waals surface area contributed by atoms with Gasteiger partial charge >= 0.3 is 0 Å². The minimum atomic E-state index is 0.461. The third-order valence-electron chi connectivity index (χ3n) is 3.87. The molecule has 1 N–H and O–H groups in total. The Hall–Kier alpha value is -1.19. The molecule has 0 aliphatic heterocycles. The number of aromatic nitrogens is 1. The van der Waals surface area contributed by atoms with E-state index in [2.05, 4.69) is 54.6 Å². The summed E-state index contributed by atoms with van der Waals surface area (Å²) in [6.07, 6.45) is 1.28. The van der Waals surface area contributed by atoms with E-state index < -0.39 is 0 Å². The summed E-state index contributed by atoms with van der Waals surface area (Å²) in [5, 5.41) is 3.48. The van der Waals surface area contributed by atoms with Gasteiger partial charge in [0.15, 0.2) is 0 Å². The Kier molecular flexibility index (Phi) is 3.18. The molecule has 0 amide bonds. The Labute approximate surface area is 112 Å². The zero-order chi connectivity index (χ0) is 12.5. The third-order valence-corrected chi connectivity index (χ3v) is 4.89. The highest BCUT2D eigenvalue weighted by atomic mass is 32.1. The van der Waals surface area contributed by atoms with Crippen molar-refractivity contribution in [3.05, 3.63) is 52.0 Å². The van der Waals surface area contributed by atoms with Gasteiger partial charge in [0.1, 0.15) is 0 Å². The average Bonchev–Trinajstić information content (AvgIpc) is 3.08. The lowest BCUT2D eigenvalue weighted by atomic mass is 10.0. The van der Waals surface area contributed by atoms with Gasteiger partial charge in [0.05, 0.1) is 11.2 Å². The second-order valence-electron chi connectivity index (χ2n) is 4.99. The van der Waals surface area contributed by atoms with Crippen molar-refractivity contribution in [2.45, 2.75) is 25.3 Å². The van der Waals surface area contributed by atoms with Crippen LogP contribution >= 0.6 is 11.3 Å². The zero-order valence-corrected chi connectivity index (χ0v) is 11.6. The minimum Gasteiger partial charge on any atom is -0.312 e. The van der Waals surface area contributed by atoms with Gasteiger partial charge in [-0.05, 0) is 37.8 Å². The maximum absolute atomic E-state index is 4.37. The van der Waals surface area contributed by atoms with E-state index in [0.29, 0.717) is 12.0 Å². The van der Waals surface area contributed by atoms with Crippen molar-refractivity contribution in [2.75, 3.05) is 7.05 Å². The predicted molar refractivity (Wildman–Crippen MR) is 75.9 cm³/mol. The Morgan fingerprint density at radius 2 is 2.11 bits per heavy atom. The number of benzene rings is 1. The first kappa shape index (κ1) is 11.9. The molecule has 3 atom stereocenters. The summed E-state index contributed by atoms with van der Waals surface area (Å²) in [5.74, 6) is 1.43. The van der Waals surface area contributed by atoms with Crippen molar-refractivity contribution in [1.82, 2.24) is 10.3 Å². The van der Waals surface area contributed by atoms with Crippen LogP contribution in [-0.4, -0.2) is 12.0 Å². The monoisotopic (exact) mass is 258 g/mol. The lowest BCUT2D eigenvalue weighted by Crippen LogP contribution is -2.18. The van der Waals surface area contributed by atoms with Crippen LogP contribution in [0.15, 0.2) is 35.8 Å². The highest BCUT2D eigenvalue weighted by Crippen LogP contribution is 2.54. The second-order valence-corrected chi connectivity index (χ2v) is 5.87. The molecule has 18 heavy (non-hydrogen) atoms. The number of aryl methyl sites for hydroxylation is 1. The second kappa shape index (κ2) is 4.82. The molecule has 1 aromatic carbocycles. The topological polar surface area (TPSA) is 24.9 Å². The highest BCUT2D eigenvalue weighted by Gasteiger charge is 2.44. The van der Waals surface area contributed by atoms with Gasteiger partial charge in [0, 0.05) is 10.9 Å². The fourth-order valence-corrected chi connectivity index (χ4v) is 3.80. The van der Waals surface area contributed by atoms with Crippen molar-refractivity contribution in [1.29, 1.82) is 0 Å². The SMILES string of the molecule is CNC(c1scnc1C)C1CC1c1ccccc1. The molecule has 3 unspecified atom stereocenters. The first-order valence-corrected chi connectivity index (χ1v) is 7.31. The van der Waals surface area contributed by atoms with Crippen LogP contribution in [0, 0.1) is 12.8 Å². The van der Waals surface area contributed by atoms with E-state index in [-0.39, 0.29) is 0 Å². The Morgan fingerprint density at radius 3 is 2.72 bits per heavy atom. The molecule has 1 aromatic heterocycles. The maximum atomic E-state index is 4.37. The molecule has 1 saturated carbocycles. The van der Waals surface area contributed by atoms with E-state index in [0.717, 1.165) is 5.92 Å². The molecule has 2 nitrogen and oxygen atoms in total. The summed E-state index contributed by atoms with van der Waals surface area (Å²) in [6.45, 7) is 2.11. The number of rotatable bonds is 4. The van der Waals surface area contributed by atoms with Crippen molar-refractivity contribution >= 4 is 11.3 Å². The molecular weight excluding hydrogens is 240 g/mol. The third kappa shape index (κ3) is 2.08. The molecule has 94 valence electrons. The lowest BCUT2D eigenvalue weighted by molar-refractivity contribution is 0.523. The van der Waals surface area contributed by atoms with Crippen molar-refractivity contribution in [2.24, 2.45) is 5.92 Å². The van der Waals surface area contributed by atoms with Crippen LogP contribution in [0.5, 0.6) is 0 Å². The zero-order valence-electron chi connectivity index (χ0n) is 10.8. The van der Waals surface area contributed by atoms with E-state index in [9.17, 15) is 0 Å². The van der Waals surface area contributed by atoms with Gasteiger partial charge in [-0.25, -0.2) is 4.98 Å². The Bertz CT molecular complexity index is 520. The van der Waals surface area contributed by atoms with Crippen LogP contribution in [0.25, 0.3) is 0 Å². The van der Waals surface area contributed by atoms with Gasteiger partial charge in [-0.1, -0.05) is 30.3 Å². The van der Waals surface area contributed by atoms with Crippen LogP contribution in [-0.2, 0) is 0 Å². The van der Waals surface area contributed by atoms with Gasteiger partial charge in [-0.2, -0.15) is 0 Å². The molecule has 0 radical (unpaired) electrons. The van der Waals surface area contributed by atoms with Crippen LogP contribution < -0.4 is 5.32 Å². The number of thiazole rings is 1. The molecule has 3 rings (SSSR count). The number of nitrogens with zero attached hydrogens (tertiary/aromatic N) is 1. The van der Waals surface area contributed by atoms with Gasteiger partial charge < -0.3 is 5.32 Å². The summed E-state index contributed by atoms with van der Waals surface area (Å²) >= 11 is 1.77. The molecule has 1 fully saturated rings. The van der Waals surface area contributed by atoms with Crippen molar-refractivity contribution < 1.29 is 0 Å². The van der Waals surface area contributed by atoms with Crippen molar-refractivity contribution in [3.63, 3.8) is 0 Å². The number of nitrogens with one attached hydrogen (secondary N) is 1. The summed E-state index contributed by atoms with van der Waals surface area (Å²) in [7, 11) is 2.06. The minimum absolute atomic E-state index is 0.461. The highest BCUT2D eigenvalue weighted by molar-refractivity contribution is 7.09. The van der Waals surface area contributed by atoms with E-state index >= 15 is 0 Å². The van der Waals surface area contributed by atoms with E-state index in [1.165, 1.54) is 22.6 Å². The molecule has 1 aliphatic rings. The van der Waals surface area contributed by atoms with E-state index in [4.69, 9.17) is 0 Å². The molecular formula is C15H18N2S. The Balaban J connectivity index is 1.79. The van der Waals surface area contributed by atoms with Crippen LogP contribution in [0.2, 0.25) is 0 Å². The molecule has 1 aliphatic carbocycles. The predicted octanol–water partition coefficient (Wildman–Crippen LogP) is 3.52. The molecule has 3 heteroatoms. The summed E-state index contributed by atoms with van der Waals surface area (Å²) in [5.41, 5.74) is 4.61.